The minimum Gasteiger partial charge on any atom is -0.330 e. The second kappa shape index (κ2) is 6.05. The van der Waals surface area contributed by atoms with Gasteiger partial charge in [0.1, 0.15) is 18.0 Å². The Morgan fingerprint density at radius 2 is 2.19 bits per heavy atom. The molecule has 0 fully saturated rings. The molecule has 0 amide bonds. The van der Waals surface area contributed by atoms with Crippen molar-refractivity contribution in [2.24, 2.45) is 7.05 Å². The Morgan fingerprint density at radius 3 is 2.95 bits per heavy atom. The molecule has 0 saturated heterocycles. The number of aromatic nitrogens is 5. The molecular weight excluding hydrogens is 264 g/mol. The van der Waals surface area contributed by atoms with E-state index in [9.17, 15) is 0 Å². The van der Waals surface area contributed by atoms with Crippen LogP contribution in [0.2, 0.25) is 0 Å². The monoisotopic (exact) mass is 284 g/mol. The number of nitrogens with one attached hydrogen (secondary N) is 2. The third kappa shape index (κ3) is 2.95. The van der Waals surface area contributed by atoms with Crippen LogP contribution in [0.4, 0.5) is 0 Å². The molecule has 21 heavy (non-hydrogen) atoms. The van der Waals surface area contributed by atoms with Gasteiger partial charge in [0.05, 0.1) is 17.1 Å². The largest absolute Gasteiger partial charge is 0.330 e. The number of nitrogens with zero attached hydrogens (tertiary/aromatic N) is 4. The molecule has 1 unspecified atom stereocenters. The van der Waals surface area contributed by atoms with E-state index in [-0.39, 0.29) is 6.04 Å². The van der Waals surface area contributed by atoms with Crippen molar-refractivity contribution in [2.75, 3.05) is 6.54 Å². The van der Waals surface area contributed by atoms with E-state index in [0.29, 0.717) is 0 Å². The van der Waals surface area contributed by atoms with Crippen LogP contribution in [-0.4, -0.2) is 31.3 Å². The van der Waals surface area contributed by atoms with E-state index < -0.39 is 0 Å². The highest BCUT2D eigenvalue weighted by atomic mass is 15.2. The molecular formula is C15H20N6. The van der Waals surface area contributed by atoms with Crippen LogP contribution in [0.15, 0.2) is 30.6 Å². The Labute approximate surface area is 123 Å². The zero-order valence-electron chi connectivity index (χ0n) is 12.4. The third-order valence-electron chi connectivity index (χ3n) is 3.71. The lowest BCUT2D eigenvalue weighted by Crippen LogP contribution is -2.23. The van der Waals surface area contributed by atoms with Gasteiger partial charge in [-0.25, -0.2) is 9.97 Å². The number of imidazole rings is 1. The maximum absolute atomic E-state index is 4.71. The summed E-state index contributed by atoms with van der Waals surface area (Å²) in [6, 6.07) is 8.44. The highest BCUT2D eigenvalue weighted by Gasteiger charge is 2.13. The molecule has 0 saturated carbocycles. The lowest BCUT2D eigenvalue weighted by molar-refractivity contribution is 0.521. The van der Waals surface area contributed by atoms with E-state index >= 15 is 0 Å². The molecule has 0 spiro atoms. The molecule has 0 aliphatic heterocycles. The molecule has 3 rings (SSSR count). The summed E-state index contributed by atoms with van der Waals surface area (Å²) in [6.07, 6.45) is 3.47. The van der Waals surface area contributed by atoms with Gasteiger partial charge in [-0.2, -0.15) is 5.10 Å². The van der Waals surface area contributed by atoms with Crippen LogP contribution in [0.3, 0.4) is 0 Å². The van der Waals surface area contributed by atoms with E-state index in [0.717, 1.165) is 36.6 Å². The maximum atomic E-state index is 4.71. The van der Waals surface area contributed by atoms with E-state index in [4.69, 9.17) is 4.98 Å². The molecule has 0 radical (unpaired) electrons. The average Bonchev–Trinajstić information content (AvgIpc) is 3.12. The van der Waals surface area contributed by atoms with Crippen LogP contribution >= 0.6 is 0 Å². The van der Waals surface area contributed by atoms with Gasteiger partial charge < -0.3 is 9.88 Å². The van der Waals surface area contributed by atoms with Crippen molar-refractivity contribution in [3.8, 4) is 0 Å². The third-order valence-corrected chi connectivity index (χ3v) is 3.71. The minimum absolute atomic E-state index is 0.220. The molecule has 6 nitrogen and oxygen atoms in total. The molecule has 110 valence electrons. The summed E-state index contributed by atoms with van der Waals surface area (Å²) in [6.45, 7) is 3.07. The topological polar surface area (TPSA) is 71.4 Å². The van der Waals surface area contributed by atoms with Gasteiger partial charge in [-0.3, -0.25) is 5.10 Å². The lowest BCUT2D eigenvalue weighted by Gasteiger charge is -2.13. The van der Waals surface area contributed by atoms with E-state index in [1.165, 1.54) is 5.52 Å². The molecule has 1 atom stereocenters. The second-order valence-electron chi connectivity index (χ2n) is 5.23. The molecule has 0 aliphatic rings. The summed E-state index contributed by atoms with van der Waals surface area (Å²) in [5, 5.41) is 10.2. The van der Waals surface area contributed by atoms with Crippen LogP contribution in [0.5, 0.6) is 0 Å². The van der Waals surface area contributed by atoms with Crippen molar-refractivity contribution >= 4 is 11.0 Å². The molecule has 0 bridgehead atoms. The minimum atomic E-state index is 0.220. The molecule has 6 heteroatoms. The van der Waals surface area contributed by atoms with Crippen molar-refractivity contribution in [1.29, 1.82) is 0 Å². The molecule has 3 aromatic rings. The Bertz CT molecular complexity index is 700. The number of aryl methyl sites for hydroxylation is 2. The average molecular weight is 284 g/mol. The Hall–Kier alpha value is -2.21. The Kier molecular flexibility index (Phi) is 3.96. The normalized spacial score (nSPS) is 12.9. The van der Waals surface area contributed by atoms with Gasteiger partial charge in [-0.05, 0) is 32.0 Å². The summed E-state index contributed by atoms with van der Waals surface area (Å²) in [4.78, 5) is 8.84. The van der Waals surface area contributed by atoms with Gasteiger partial charge in [-0.1, -0.05) is 12.1 Å². The molecule has 0 aliphatic carbocycles. The predicted octanol–water partition coefficient (Wildman–Crippen LogP) is 1.97. The van der Waals surface area contributed by atoms with Gasteiger partial charge in [0.2, 0.25) is 0 Å². The quantitative estimate of drug-likeness (QED) is 0.679. The van der Waals surface area contributed by atoms with Crippen LogP contribution in [-0.2, 0) is 13.5 Å². The fraction of sp³-hybridized carbons (Fsp3) is 0.400. The lowest BCUT2D eigenvalue weighted by atomic mass is 10.2. The summed E-state index contributed by atoms with van der Waals surface area (Å²) in [5.74, 6) is 2.00. The first kappa shape index (κ1) is 13.8. The summed E-state index contributed by atoms with van der Waals surface area (Å²) in [7, 11) is 2.07. The number of benzene rings is 1. The highest BCUT2D eigenvalue weighted by Crippen LogP contribution is 2.18. The number of H-pyrrole nitrogens is 1. The van der Waals surface area contributed by atoms with Gasteiger partial charge in [-0.15, -0.1) is 0 Å². The SMILES string of the molecule is CC(NCCCc1ncn[nH]1)c1nc2ccccc2n1C. The van der Waals surface area contributed by atoms with E-state index in [1.807, 2.05) is 12.1 Å². The molecule has 1 aromatic carbocycles. The standard InChI is InChI=1S/C15H20N6/c1-11(16-9-5-8-14-17-10-18-20-14)15-19-12-6-3-4-7-13(12)21(15)2/h3-4,6-7,10-11,16H,5,8-9H2,1-2H3,(H,17,18,20). The number of para-hydroxylation sites is 2. The first-order valence-electron chi connectivity index (χ1n) is 7.24. The van der Waals surface area contributed by atoms with Crippen LogP contribution < -0.4 is 5.32 Å². The summed E-state index contributed by atoms with van der Waals surface area (Å²) in [5.41, 5.74) is 2.22. The van der Waals surface area contributed by atoms with Gasteiger partial charge in [0.25, 0.3) is 0 Å². The van der Waals surface area contributed by atoms with E-state index in [2.05, 4.69) is 51.2 Å². The number of fused-ring (bicyclic) bond motifs is 1. The highest BCUT2D eigenvalue weighted by molar-refractivity contribution is 5.75. The molecule has 2 aromatic heterocycles. The van der Waals surface area contributed by atoms with Crippen molar-refractivity contribution in [2.45, 2.75) is 25.8 Å². The van der Waals surface area contributed by atoms with Gasteiger partial charge in [0, 0.05) is 13.5 Å². The maximum Gasteiger partial charge on any atom is 0.137 e. The first-order chi connectivity index (χ1) is 10.3. The first-order valence-corrected chi connectivity index (χ1v) is 7.24. The molecule has 2 N–H and O–H groups in total. The Morgan fingerprint density at radius 1 is 1.33 bits per heavy atom. The summed E-state index contributed by atoms with van der Waals surface area (Å²) >= 11 is 0. The number of hydrogen-bond donors (Lipinski definition) is 2. The number of hydrogen-bond acceptors (Lipinski definition) is 4. The van der Waals surface area contributed by atoms with Gasteiger partial charge >= 0.3 is 0 Å². The van der Waals surface area contributed by atoms with Crippen molar-refractivity contribution in [3.05, 3.63) is 42.2 Å². The summed E-state index contributed by atoms with van der Waals surface area (Å²) < 4.78 is 2.16. The number of aromatic amines is 1. The fourth-order valence-electron chi connectivity index (χ4n) is 2.57. The number of rotatable bonds is 6. The van der Waals surface area contributed by atoms with E-state index in [1.54, 1.807) is 6.33 Å². The van der Waals surface area contributed by atoms with Gasteiger partial charge in [0.15, 0.2) is 0 Å². The second-order valence-corrected chi connectivity index (χ2v) is 5.23. The zero-order valence-corrected chi connectivity index (χ0v) is 12.4. The predicted molar refractivity (Wildman–Crippen MR) is 81.8 cm³/mol. The van der Waals surface area contributed by atoms with Crippen LogP contribution in [0.1, 0.15) is 31.0 Å². The van der Waals surface area contributed by atoms with Crippen LogP contribution in [0, 0.1) is 0 Å². The smallest absolute Gasteiger partial charge is 0.137 e. The van der Waals surface area contributed by atoms with Crippen LogP contribution in [0.25, 0.3) is 11.0 Å². The molecule has 2 heterocycles. The Balaban J connectivity index is 1.59. The van der Waals surface area contributed by atoms with Crippen molar-refractivity contribution in [1.82, 2.24) is 30.0 Å². The van der Waals surface area contributed by atoms with Crippen molar-refractivity contribution < 1.29 is 0 Å². The zero-order chi connectivity index (χ0) is 14.7. The fourth-order valence-corrected chi connectivity index (χ4v) is 2.57. The van der Waals surface area contributed by atoms with Crippen molar-refractivity contribution in [3.63, 3.8) is 0 Å².